The normalized spacial score (nSPS) is 11.5. The van der Waals surface area contributed by atoms with Crippen LogP contribution in [0.1, 0.15) is 12.5 Å². The first kappa shape index (κ1) is 19.4. The number of nitriles is 1. The Morgan fingerprint density at radius 2 is 1.93 bits per heavy atom. The molecule has 0 amide bonds. The van der Waals surface area contributed by atoms with Gasteiger partial charge in [-0.2, -0.15) is 5.26 Å². The van der Waals surface area contributed by atoms with Crippen molar-refractivity contribution in [1.82, 2.24) is 4.98 Å². The quantitative estimate of drug-likeness (QED) is 0.439. The number of pyridine rings is 1. The van der Waals surface area contributed by atoms with E-state index in [1.165, 1.54) is 47.7 Å². The van der Waals surface area contributed by atoms with E-state index in [1.54, 1.807) is 0 Å². The maximum Gasteiger partial charge on any atom is 0.193 e. The minimum absolute atomic E-state index is 0.0524. The second-order valence-electron chi connectivity index (χ2n) is 5.68. The van der Waals surface area contributed by atoms with Crippen molar-refractivity contribution < 1.29 is 17.2 Å². The number of aromatic amines is 1. The molecule has 1 heterocycles. The van der Waals surface area contributed by atoms with E-state index in [0.717, 1.165) is 12.1 Å². The van der Waals surface area contributed by atoms with Crippen molar-refractivity contribution in [3.05, 3.63) is 61.3 Å². The Kier molecular flexibility index (Phi) is 5.05. The van der Waals surface area contributed by atoms with Crippen molar-refractivity contribution in [1.29, 1.82) is 5.26 Å². The van der Waals surface area contributed by atoms with E-state index < -0.39 is 26.9 Å². The van der Waals surface area contributed by atoms with Gasteiger partial charge < -0.3 is 4.98 Å². The smallest absolute Gasteiger partial charge is 0.193 e. The van der Waals surface area contributed by atoms with Gasteiger partial charge in [0.2, 0.25) is 0 Å². The number of benzene rings is 2. The Morgan fingerprint density at radius 3 is 2.56 bits per heavy atom. The van der Waals surface area contributed by atoms with E-state index in [-0.39, 0.29) is 41.9 Å². The molecule has 9 heteroatoms. The van der Waals surface area contributed by atoms with Gasteiger partial charge in [-0.05, 0) is 46.9 Å². The molecule has 0 saturated carbocycles. The molecule has 0 radical (unpaired) electrons. The lowest BCUT2D eigenvalue weighted by atomic mass is 10.1. The standard InChI is InChI=1S/C18H11F2IN2O3S/c1-2-27(25,26)15-4-3-9(8-22)5-10(15)12-7-14(24)16-13(23-12)6-11(19)18(21)17(16)20/h3-7H,2H2,1H3,(H,23,24). The largest absolute Gasteiger partial charge is 0.354 e. The third-order valence-electron chi connectivity index (χ3n) is 4.07. The van der Waals surface area contributed by atoms with Crippen molar-refractivity contribution >= 4 is 43.3 Å². The molecule has 0 aliphatic carbocycles. The SMILES string of the molecule is CCS(=O)(=O)c1ccc(C#N)cc1-c1cc(=O)c2c(F)c(I)c(F)cc2[nH]1. The van der Waals surface area contributed by atoms with Crippen LogP contribution in [0, 0.1) is 26.5 Å². The van der Waals surface area contributed by atoms with Gasteiger partial charge in [0, 0.05) is 11.6 Å². The minimum atomic E-state index is -3.67. The van der Waals surface area contributed by atoms with Gasteiger partial charge in [-0.3, -0.25) is 4.79 Å². The topological polar surface area (TPSA) is 90.8 Å². The highest BCUT2D eigenvalue weighted by molar-refractivity contribution is 14.1. The van der Waals surface area contributed by atoms with Gasteiger partial charge in [0.15, 0.2) is 21.1 Å². The molecule has 27 heavy (non-hydrogen) atoms. The summed E-state index contributed by atoms with van der Waals surface area (Å²) in [4.78, 5) is 15.1. The summed E-state index contributed by atoms with van der Waals surface area (Å²) >= 11 is 1.47. The predicted octanol–water partition coefficient (Wildman–Crippen LogP) is 3.74. The van der Waals surface area contributed by atoms with Crippen molar-refractivity contribution in [2.24, 2.45) is 0 Å². The van der Waals surface area contributed by atoms with Gasteiger partial charge in [0.05, 0.1) is 42.4 Å². The average Bonchev–Trinajstić information content (AvgIpc) is 2.65. The molecule has 3 aromatic rings. The third-order valence-corrected chi connectivity index (χ3v) is 6.84. The van der Waals surface area contributed by atoms with Crippen LogP contribution in [0.5, 0.6) is 0 Å². The summed E-state index contributed by atoms with van der Waals surface area (Å²) in [5.74, 6) is -2.02. The van der Waals surface area contributed by atoms with Gasteiger partial charge in [0.1, 0.15) is 5.82 Å². The second-order valence-corrected chi connectivity index (χ2v) is 9.01. The lowest BCUT2D eigenvalue weighted by Crippen LogP contribution is -2.10. The van der Waals surface area contributed by atoms with Crippen LogP contribution in [0.25, 0.3) is 22.2 Å². The number of nitrogens with one attached hydrogen (secondary N) is 1. The maximum absolute atomic E-state index is 14.3. The van der Waals surface area contributed by atoms with Crippen LogP contribution >= 0.6 is 22.6 Å². The summed E-state index contributed by atoms with van der Waals surface area (Å²) in [5, 5.41) is 8.80. The predicted molar refractivity (Wildman–Crippen MR) is 105 cm³/mol. The summed E-state index contributed by atoms with van der Waals surface area (Å²) < 4.78 is 52.7. The maximum atomic E-state index is 14.3. The summed E-state index contributed by atoms with van der Waals surface area (Å²) in [6.45, 7) is 1.47. The second kappa shape index (κ2) is 7.01. The van der Waals surface area contributed by atoms with Crippen molar-refractivity contribution in [2.45, 2.75) is 11.8 Å². The van der Waals surface area contributed by atoms with Crippen molar-refractivity contribution in [3.63, 3.8) is 0 Å². The van der Waals surface area contributed by atoms with E-state index in [4.69, 9.17) is 5.26 Å². The van der Waals surface area contributed by atoms with Crippen LogP contribution in [-0.2, 0) is 9.84 Å². The molecule has 0 saturated heterocycles. The lowest BCUT2D eigenvalue weighted by Gasteiger charge is -2.12. The molecule has 2 aromatic carbocycles. The molecule has 0 fully saturated rings. The number of nitrogens with zero attached hydrogens (tertiary/aromatic N) is 1. The fraction of sp³-hybridized carbons (Fsp3) is 0.111. The zero-order valence-corrected chi connectivity index (χ0v) is 16.8. The fourth-order valence-corrected chi connectivity index (χ4v) is 4.22. The minimum Gasteiger partial charge on any atom is -0.354 e. The van der Waals surface area contributed by atoms with Gasteiger partial charge in [-0.15, -0.1) is 0 Å². The number of sulfone groups is 1. The number of aromatic nitrogens is 1. The molecule has 0 spiro atoms. The number of hydrogen-bond donors (Lipinski definition) is 1. The number of hydrogen-bond acceptors (Lipinski definition) is 4. The molecule has 0 aliphatic heterocycles. The van der Waals surface area contributed by atoms with Crippen LogP contribution in [0.3, 0.4) is 0 Å². The van der Waals surface area contributed by atoms with Gasteiger partial charge >= 0.3 is 0 Å². The van der Waals surface area contributed by atoms with E-state index >= 15 is 0 Å². The van der Waals surface area contributed by atoms with E-state index in [0.29, 0.717) is 0 Å². The molecule has 0 atom stereocenters. The highest BCUT2D eigenvalue weighted by Gasteiger charge is 2.21. The van der Waals surface area contributed by atoms with E-state index in [1.807, 2.05) is 6.07 Å². The van der Waals surface area contributed by atoms with Crippen LogP contribution in [0.2, 0.25) is 0 Å². The Hall–Kier alpha value is -2.32. The molecular formula is C18H11F2IN2O3S. The number of H-pyrrole nitrogens is 1. The molecule has 3 rings (SSSR count). The van der Waals surface area contributed by atoms with Crippen molar-refractivity contribution in [2.75, 3.05) is 5.75 Å². The van der Waals surface area contributed by atoms with E-state index in [2.05, 4.69) is 4.98 Å². The first-order valence-electron chi connectivity index (χ1n) is 7.67. The summed E-state index contributed by atoms with van der Waals surface area (Å²) in [6.07, 6.45) is 0. The van der Waals surface area contributed by atoms with Crippen LogP contribution < -0.4 is 5.43 Å². The molecule has 0 bridgehead atoms. The van der Waals surface area contributed by atoms with Gasteiger partial charge in [0.25, 0.3) is 0 Å². The molecular weight excluding hydrogens is 489 g/mol. The molecule has 0 aliphatic rings. The third kappa shape index (κ3) is 3.35. The van der Waals surface area contributed by atoms with E-state index in [9.17, 15) is 22.0 Å². The lowest BCUT2D eigenvalue weighted by molar-refractivity contribution is 0.578. The Morgan fingerprint density at radius 1 is 1.22 bits per heavy atom. The summed E-state index contributed by atoms with van der Waals surface area (Å²) in [6, 6.07) is 7.88. The zero-order chi connectivity index (χ0) is 19.9. The number of halogens is 3. The monoisotopic (exact) mass is 500 g/mol. The highest BCUT2D eigenvalue weighted by atomic mass is 127. The Balaban J connectivity index is 2.42. The fourth-order valence-electron chi connectivity index (χ4n) is 2.70. The van der Waals surface area contributed by atoms with Crippen LogP contribution in [0.4, 0.5) is 8.78 Å². The zero-order valence-electron chi connectivity index (χ0n) is 13.8. The van der Waals surface area contributed by atoms with Gasteiger partial charge in [-0.25, -0.2) is 17.2 Å². The van der Waals surface area contributed by atoms with Crippen LogP contribution in [-0.4, -0.2) is 19.2 Å². The molecule has 0 unspecified atom stereocenters. The first-order valence-corrected chi connectivity index (χ1v) is 10.4. The summed E-state index contributed by atoms with van der Waals surface area (Å²) in [5.41, 5.74) is -0.502. The molecule has 138 valence electrons. The average molecular weight is 500 g/mol. The van der Waals surface area contributed by atoms with Crippen LogP contribution in [0.15, 0.2) is 40.0 Å². The molecule has 5 nitrogen and oxygen atoms in total. The number of rotatable bonds is 3. The summed E-state index contributed by atoms with van der Waals surface area (Å²) in [7, 11) is -3.67. The first-order chi connectivity index (χ1) is 12.7. The van der Waals surface area contributed by atoms with Gasteiger partial charge in [-0.1, -0.05) is 6.92 Å². The highest BCUT2D eigenvalue weighted by Crippen LogP contribution is 2.30. The Bertz CT molecular complexity index is 1290. The molecule has 1 N–H and O–H groups in total. The Labute approximate surface area is 166 Å². The number of fused-ring (bicyclic) bond motifs is 1. The molecule has 1 aromatic heterocycles. The van der Waals surface area contributed by atoms with Crippen molar-refractivity contribution in [3.8, 4) is 17.3 Å².